The van der Waals surface area contributed by atoms with Crippen molar-refractivity contribution in [2.75, 3.05) is 6.54 Å². The van der Waals surface area contributed by atoms with Crippen LogP contribution >= 0.6 is 0 Å². The Morgan fingerprint density at radius 3 is 2.64 bits per heavy atom. The molecule has 0 radical (unpaired) electrons. The van der Waals surface area contributed by atoms with Crippen LogP contribution in [0, 0.1) is 0 Å². The Bertz CT molecular complexity index is 289. The van der Waals surface area contributed by atoms with E-state index < -0.39 is 0 Å². The molecule has 0 bridgehead atoms. The lowest BCUT2D eigenvalue weighted by atomic mass is 9.77. The maximum absolute atomic E-state index is 5.55. The van der Waals surface area contributed by atoms with E-state index in [1.54, 1.807) is 5.56 Å². The van der Waals surface area contributed by atoms with Gasteiger partial charge in [-0.05, 0) is 49.3 Å². The molecule has 0 saturated heterocycles. The van der Waals surface area contributed by atoms with E-state index in [4.69, 9.17) is 5.73 Å². The van der Waals surface area contributed by atoms with Crippen molar-refractivity contribution in [1.29, 1.82) is 0 Å². The van der Waals surface area contributed by atoms with Gasteiger partial charge in [0.1, 0.15) is 0 Å². The van der Waals surface area contributed by atoms with Gasteiger partial charge in [0.05, 0.1) is 0 Å². The van der Waals surface area contributed by atoms with Gasteiger partial charge in [-0.25, -0.2) is 0 Å². The fourth-order valence-corrected chi connectivity index (χ4v) is 2.17. The van der Waals surface area contributed by atoms with Gasteiger partial charge in [0.25, 0.3) is 0 Å². The fraction of sp³-hybridized carbons (Fsp3) is 0.538. The summed E-state index contributed by atoms with van der Waals surface area (Å²) in [5.41, 5.74) is 8.67. The second kappa shape index (κ2) is 4.61. The number of nitrogens with two attached hydrogens (primary N) is 1. The first kappa shape index (κ1) is 9.72. The lowest BCUT2D eigenvalue weighted by Crippen LogP contribution is -2.11. The molecule has 1 fully saturated rings. The summed E-state index contributed by atoms with van der Waals surface area (Å²) in [7, 11) is 0. The molecule has 0 spiro atoms. The molecule has 0 heterocycles. The van der Waals surface area contributed by atoms with Gasteiger partial charge in [0, 0.05) is 0 Å². The van der Waals surface area contributed by atoms with Crippen molar-refractivity contribution < 1.29 is 0 Å². The van der Waals surface area contributed by atoms with Crippen molar-refractivity contribution in [3.05, 3.63) is 35.4 Å². The zero-order valence-electron chi connectivity index (χ0n) is 8.71. The van der Waals surface area contributed by atoms with Crippen molar-refractivity contribution in [2.24, 2.45) is 5.73 Å². The number of hydrogen-bond acceptors (Lipinski definition) is 1. The van der Waals surface area contributed by atoms with Crippen LogP contribution in [0.25, 0.3) is 0 Å². The molecule has 0 aliphatic heterocycles. The van der Waals surface area contributed by atoms with E-state index in [1.807, 2.05) is 0 Å². The highest BCUT2D eigenvalue weighted by Crippen LogP contribution is 2.38. The van der Waals surface area contributed by atoms with Crippen molar-refractivity contribution in [3.8, 4) is 0 Å². The summed E-state index contributed by atoms with van der Waals surface area (Å²) < 4.78 is 0. The number of benzene rings is 1. The van der Waals surface area contributed by atoms with E-state index in [2.05, 4.69) is 24.3 Å². The molecule has 1 aliphatic rings. The third-order valence-electron chi connectivity index (χ3n) is 3.25. The SMILES string of the molecule is NCCCc1ccccc1C1CCC1. The zero-order valence-corrected chi connectivity index (χ0v) is 8.71. The summed E-state index contributed by atoms with van der Waals surface area (Å²) in [6, 6.07) is 8.88. The van der Waals surface area contributed by atoms with E-state index in [9.17, 15) is 0 Å². The number of hydrogen-bond donors (Lipinski definition) is 1. The van der Waals surface area contributed by atoms with Crippen molar-refractivity contribution in [3.63, 3.8) is 0 Å². The van der Waals surface area contributed by atoms with Gasteiger partial charge in [-0.2, -0.15) is 0 Å². The average molecular weight is 189 g/mol. The topological polar surface area (TPSA) is 26.0 Å². The van der Waals surface area contributed by atoms with Crippen molar-refractivity contribution >= 4 is 0 Å². The molecule has 1 aliphatic carbocycles. The van der Waals surface area contributed by atoms with E-state index >= 15 is 0 Å². The van der Waals surface area contributed by atoms with Crippen LogP contribution < -0.4 is 5.73 Å². The molecule has 76 valence electrons. The first-order valence-electron chi connectivity index (χ1n) is 5.69. The Balaban J connectivity index is 2.11. The molecule has 1 aromatic rings. The molecule has 0 unspecified atom stereocenters. The van der Waals surface area contributed by atoms with Crippen LogP contribution in [0.4, 0.5) is 0 Å². The fourth-order valence-electron chi connectivity index (χ4n) is 2.17. The molecule has 0 aromatic heterocycles. The second-order valence-electron chi connectivity index (χ2n) is 4.22. The molecule has 1 nitrogen and oxygen atoms in total. The third kappa shape index (κ3) is 1.98. The van der Waals surface area contributed by atoms with Crippen molar-refractivity contribution in [2.45, 2.75) is 38.0 Å². The highest BCUT2D eigenvalue weighted by molar-refractivity contribution is 5.31. The lowest BCUT2D eigenvalue weighted by Gasteiger charge is -2.28. The minimum absolute atomic E-state index is 0.805. The van der Waals surface area contributed by atoms with E-state index in [-0.39, 0.29) is 0 Å². The first-order valence-corrected chi connectivity index (χ1v) is 5.69. The van der Waals surface area contributed by atoms with Crippen LogP contribution in [0.1, 0.15) is 42.7 Å². The maximum Gasteiger partial charge on any atom is -0.00741 e. The molecule has 2 N–H and O–H groups in total. The predicted molar refractivity (Wildman–Crippen MR) is 60.4 cm³/mol. The highest BCUT2D eigenvalue weighted by atomic mass is 14.5. The van der Waals surface area contributed by atoms with Gasteiger partial charge in [-0.3, -0.25) is 0 Å². The summed E-state index contributed by atoms with van der Waals surface area (Å²) in [5.74, 6) is 0.851. The monoisotopic (exact) mass is 189 g/mol. The largest absolute Gasteiger partial charge is 0.330 e. The van der Waals surface area contributed by atoms with Gasteiger partial charge in [-0.15, -0.1) is 0 Å². The Morgan fingerprint density at radius 2 is 2.00 bits per heavy atom. The summed E-state index contributed by atoms with van der Waals surface area (Å²) in [4.78, 5) is 0. The molecule has 2 rings (SSSR count). The smallest absolute Gasteiger partial charge is 0.00741 e. The van der Waals surface area contributed by atoms with E-state index in [1.165, 1.54) is 24.8 Å². The molecular formula is C13H19N. The van der Waals surface area contributed by atoms with Crippen LogP contribution in [0.3, 0.4) is 0 Å². The molecule has 0 atom stereocenters. The van der Waals surface area contributed by atoms with Gasteiger partial charge >= 0.3 is 0 Å². The Kier molecular flexibility index (Phi) is 3.20. The van der Waals surface area contributed by atoms with Crippen LogP contribution in [-0.4, -0.2) is 6.54 Å². The molecule has 0 amide bonds. The van der Waals surface area contributed by atoms with Crippen LogP contribution in [0.15, 0.2) is 24.3 Å². The minimum atomic E-state index is 0.805. The molecule has 1 aromatic carbocycles. The zero-order chi connectivity index (χ0) is 9.80. The minimum Gasteiger partial charge on any atom is -0.330 e. The first-order chi connectivity index (χ1) is 6.92. The quantitative estimate of drug-likeness (QED) is 0.774. The third-order valence-corrected chi connectivity index (χ3v) is 3.25. The number of rotatable bonds is 4. The van der Waals surface area contributed by atoms with Gasteiger partial charge in [0.15, 0.2) is 0 Å². The average Bonchev–Trinajstić information content (AvgIpc) is 2.14. The van der Waals surface area contributed by atoms with Crippen LogP contribution in [-0.2, 0) is 6.42 Å². The van der Waals surface area contributed by atoms with Crippen LogP contribution in [0.5, 0.6) is 0 Å². The summed E-state index contributed by atoms with van der Waals surface area (Å²) in [6.07, 6.45) is 6.46. The van der Waals surface area contributed by atoms with Gasteiger partial charge < -0.3 is 5.73 Å². The molecule has 14 heavy (non-hydrogen) atoms. The number of aryl methyl sites for hydroxylation is 1. The van der Waals surface area contributed by atoms with Gasteiger partial charge in [-0.1, -0.05) is 30.7 Å². The maximum atomic E-state index is 5.55. The molecule has 1 saturated carbocycles. The summed E-state index contributed by atoms with van der Waals surface area (Å²) in [5, 5.41) is 0. The normalized spacial score (nSPS) is 16.6. The standard InChI is InChI=1S/C13H19N/c14-10-4-8-11-5-1-2-9-13(11)12-6-3-7-12/h1-2,5,9,12H,3-4,6-8,10,14H2. The second-order valence-corrected chi connectivity index (χ2v) is 4.22. The summed E-state index contributed by atoms with van der Waals surface area (Å²) >= 11 is 0. The lowest BCUT2D eigenvalue weighted by molar-refractivity contribution is 0.417. The summed E-state index contributed by atoms with van der Waals surface area (Å²) in [6.45, 7) is 0.805. The highest BCUT2D eigenvalue weighted by Gasteiger charge is 2.21. The Hall–Kier alpha value is -0.820. The molecule has 1 heteroatoms. The van der Waals surface area contributed by atoms with Crippen LogP contribution in [0.2, 0.25) is 0 Å². The van der Waals surface area contributed by atoms with Crippen molar-refractivity contribution in [1.82, 2.24) is 0 Å². The van der Waals surface area contributed by atoms with Gasteiger partial charge in [0.2, 0.25) is 0 Å². The molecular weight excluding hydrogens is 170 g/mol. The Labute approximate surface area is 86.3 Å². The predicted octanol–water partition coefficient (Wildman–Crippen LogP) is 2.85. The van der Waals surface area contributed by atoms with E-state index in [0.717, 1.165) is 25.3 Å². The Morgan fingerprint density at radius 1 is 1.21 bits per heavy atom. The van der Waals surface area contributed by atoms with E-state index in [0.29, 0.717) is 0 Å².